The molecule has 3 fully saturated rings. The summed E-state index contributed by atoms with van der Waals surface area (Å²) in [6.45, 7) is 2.88. The highest BCUT2D eigenvalue weighted by molar-refractivity contribution is 9.12. The van der Waals surface area contributed by atoms with Crippen LogP contribution in [0.1, 0.15) is 18.9 Å². The number of alkyl halides is 2. The lowest BCUT2D eigenvalue weighted by atomic mass is 9.81. The third-order valence-corrected chi connectivity index (χ3v) is 9.60. The van der Waals surface area contributed by atoms with Gasteiger partial charge in [-0.25, -0.2) is 4.79 Å². The van der Waals surface area contributed by atoms with Crippen LogP contribution in [0.3, 0.4) is 0 Å². The zero-order chi connectivity index (χ0) is 21.7. The molecule has 2 bridgehead atoms. The van der Waals surface area contributed by atoms with Crippen molar-refractivity contribution in [3.63, 3.8) is 0 Å². The van der Waals surface area contributed by atoms with E-state index >= 15 is 0 Å². The molecule has 7 nitrogen and oxygen atoms in total. The van der Waals surface area contributed by atoms with Gasteiger partial charge in [0, 0.05) is 15.3 Å². The van der Waals surface area contributed by atoms with Crippen LogP contribution in [0.5, 0.6) is 0 Å². The van der Waals surface area contributed by atoms with Crippen LogP contribution in [0, 0.1) is 30.6 Å². The number of fused-ring (bicyclic) bond motifs is 5. The number of halogens is 2. The van der Waals surface area contributed by atoms with Gasteiger partial charge in [0.05, 0.1) is 11.8 Å². The Bertz CT molecular complexity index is 890. The van der Waals surface area contributed by atoms with E-state index in [0.29, 0.717) is 5.69 Å². The summed E-state index contributed by atoms with van der Waals surface area (Å²) in [5.41, 5.74) is 1.59. The second-order valence-corrected chi connectivity index (χ2v) is 10.4. The fourth-order valence-corrected chi connectivity index (χ4v) is 6.91. The summed E-state index contributed by atoms with van der Waals surface area (Å²) in [4.78, 5) is 51.8. The van der Waals surface area contributed by atoms with Gasteiger partial charge < -0.3 is 10.1 Å². The number of hydrogen-bond acceptors (Lipinski definition) is 5. The number of rotatable bonds is 5. The molecule has 7 atom stereocenters. The summed E-state index contributed by atoms with van der Waals surface area (Å²) in [7, 11) is 0. The third-order valence-electron chi connectivity index (χ3n) is 6.40. The lowest BCUT2D eigenvalue weighted by molar-refractivity contribution is -0.159. The van der Waals surface area contributed by atoms with E-state index in [1.54, 1.807) is 12.1 Å². The van der Waals surface area contributed by atoms with Crippen LogP contribution in [0.15, 0.2) is 24.3 Å². The Balaban J connectivity index is 1.37. The van der Waals surface area contributed by atoms with Crippen LogP contribution in [-0.4, -0.2) is 50.9 Å². The number of nitrogens with zero attached hydrogens (tertiary/aromatic N) is 1. The van der Waals surface area contributed by atoms with E-state index < -0.39 is 24.5 Å². The van der Waals surface area contributed by atoms with Gasteiger partial charge in [0.15, 0.2) is 6.61 Å². The molecule has 1 aromatic carbocycles. The number of nitrogens with one attached hydrogen (secondary N) is 1. The van der Waals surface area contributed by atoms with Gasteiger partial charge in [-0.3, -0.25) is 19.3 Å². The Kier molecular flexibility index (Phi) is 5.78. The van der Waals surface area contributed by atoms with Gasteiger partial charge in [-0.05, 0) is 49.8 Å². The lowest BCUT2D eigenvalue weighted by Crippen LogP contribution is -2.45. The summed E-state index contributed by atoms with van der Waals surface area (Å²) in [5.74, 6) is -2.50. The highest BCUT2D eigenvalue weighted by Gasteiger charge is 2.67. The molecule has 1 aliphatic heterocycles. The molecule has 0 radical (unpaired) electrons. The highest BCUT2D eigenvalue weighted by Crippen LogP contribution is 2.60. The van der Waals surface area contributed by atoms with E-state index in [-0.39, 0.29) is 45.1 Å². The van der Waals surface area contributed by atoms with Crippen molar-refractivity contribution in [3.05, 3.63) is 29.8 Å². The van der Waals surface area contributed by atoms with Crippen LogP contribution in [-0.2, 0) is 23.9 Å². The first-order valence-electron chi connectivity index (χ1n) is 9.89. The average Bonchev–Trinajstić information content (AvgIpc) is 3.30. The van der Waals surface area contributed by atoms with Crippen molar-refractivity contribution in [1.82, 2.24) is 4.90 Å². The fraction of sp³-hybridized carbons (Fsp3) is 0.524. The van der Waals surface area contributed by atoms with Crippen molar-refractivity contribution >= 4 is 61.2 Å². The molecule has 30 heavy (non-hydrogen) atoms. The van der Waals surface area contributed by atoms with Crippen molar-refractivity contribution < 1.29 is 23.9 Å². The SMILES string of the molecule is Cc1cccc(NC(=O)COC(=O)[C@H](C)N2C(=O)[C@@H]3[C@H]4C[C@@H]([C@H](Br)[C@@H]4Br)[C@@H]3C2=O)c1. The topological polar surface area (TPSA) is 92.8 Å². The van der Waals surface area contributed by atoms with Crippen LogP contribution >= 0.6 is 31.9 Å². The number of carbonyl (C=O) groups excluding carboxylic acids is 4. The number of hydrogen-bond donors (Lipinski definition) is 1. The first-order valence-corrected chi connectivity index (χ1v) is 11.7. The summed E-state index contributed by atoms with van der Waals surface area (Å²) in [6, 6.07) is 6.18. The molecule has 0 spiro atoms. The quantitative estimate of drug-likeness (QED) is 0.351. The van der Waals surface area contributed by atoms with Gasteiger partial charge in [-0.2, -0.15) is 0 Å². The zero-order valence-electron chi connectivity index (χ0n) is 16.5. The molecule has 1 aromatic rings. The number of amides is 3. The Morgan fingerprint density at radius 3 is 2.33 bits per heavy atom. The minimum absolute atomic E-state index is 0.0779. The molecule has 1 N–H and O–H groups in total. The summed E-state index contributed by atoms with van der Waals surface area (Å²) in [6.07, 6.45) is 0.824. The van der Waals surface area contributed by atoms with E-state index in [1.807, 2.05) is 19.1 Å². The number of benzene rings is 1. The predicted molar refractivity (Wildman–Crippen MR) is 116 cm³/mol. The van der Waals surface area contributed by atoms with E-state index in [4.69, 9.17) is 4.74 Å². The Morgan fingerprint density at radius 2 is 1.77 bits per heavy atom. The smallest absolute Gasteiger partial charge is 0.329 e. The van der Waals surface area contributed by atoms with Crippen LogP contribution < -0.4 is 5.32 Å². The Hall–Kier alpha value is -1.74. The predicted octanol–water partition coefficient (Wildman–Crippen LogP) is 2.64. The van der Waals surface area contributed by atoms with Gasteiger partial charge in [0.2, 0.25) is 11.8 Å². The van der Waals surface area contributed by atoms with E-state index in [0.717, 1.165) is 16.9 Å². The number of ether oxygens (including phenoxy) is 1. The normalized spacial score (nSPS) is 32.9. The highest BCUT2D eigenvalue weighted by atomic mass is 79.9. The molecule has 2 saturated carbocycles. The molecule has 0 unspecified atom stereocenters. The van der Waals surface area contributed by atoms with Crippen LogP contribution in [0.2, 0.25) is 0 Å². The molecule has 0 aromatic heterocycles. The molecule has 4 rings (SSSR count). The van der Waals surface area contributed by atoms with Gasteiger partial charge in [-0.15, -0.1) is 0 Å². The Labute approximate surface area is 191 Å². The zero-order valence-corrected chi connectivity index (χ0v) is 19.7. The monoisotopic (exact) mass is 540 g/mol. The molecule has 1 saturated heterocycles. The van der Waals surface area contributed by atoms with E-state index in [2.05, 4.69) is 37.2 Å². The largest absolute Gasteiger partial charge is 0.454 e. The maximum absolute atomic E-state index is 13.0. The first-order chi connectivity index (χ1) is 14.2. The van der Waals surface area contributed by atoms with Crippen LogP contribution in [0.25, 0.3) is 0 Å². The molecule has 3 aliphatic rings. The van der Waals surface area contributed by atoms with Crippen LogP contribution in [0.4, 0.5) is 5.69 Å². The number of carbonyl (C=O) groups is 4. The van der Waals surface area contributed by atoms with Gasteiger partial charge in [-0.1, -0.05) is 44.0 Å². The minimum Gasteiger partial charge on any atom is -0.454 e. The van der Waals surface area contributed by atoms with Gasteiger partial charge in [0.1, 0.15) is 6.04 Å². The summed E-state index contributed by atoms with van der Waals surface area (Å²) in [5, 5.41) is 2.65. The van der Waals surface area contributed by atoms with Crippen molar-refractivity contribution in [2.24, 2.45) is 23.7 Å². The number of aryl methyl sites for hydroxylation is 1. The fourth-order valence-electron chi connectivity index (χ4n) is 5.04. The number of likely N-dealkylation sites (tertiary alicyclic amines) is 1. The molecular formula is C21H22Br2N2O5. The maximum atomic E-state index is 13.0. The standard InChI is InChI=1S/C21H22Br2N2O5/c1-9-4-3-5-11(6-9)24-14(26)8-30-21(29)10(2)25-19(27)15-12-7-13(16(15)20(25)28)18(23)17(12)22/h3-6,10,12-13,15-18H,7-8H2,1-2H3,(H,24,26)/t10-,12+,13+,15-,16+,17-,18+/m0/s1. The molecule has 3 amide bonds. The Morgan fingerprint density at radius 1 is 1.17 bits per heavy atom. The second-order valence-electron chi connectivity index (χ2n) is 8.25. The molecule has 1 heterocycles. The van der Waals surface area contributed by atoms with Crippen molar-refractivity contribution in [1.29, 1.82) is 0 Å². The summed E-state index contributed by atoms with van der Waals surface area (Å²) < 4.78 is 5.10. The summed E-state index contributed by atoms with van der Waals surface area (Å²) >= 11 is 7.28. The second kappa shape index (κ2) is 8.07. The van der Waals surface area contributed by atoms with E-state index in [1.165, 1.54) is 6.92 Å². The van der Waals surface area contributed by atoms with Crippen molar-refractivity contribution in [2.45, 2.75) is 36.0 Å². The molecule has 160 valence electrons. The van der Waals surface area contributed by atoms with Gasteiger partial charge >= 0.3 is 5.97 Å². The minimum atomic E-state index is -1.07. The third kappa shape index (κ3) is 3.49. The number of anilines is 1. The van der Waals surface area contributed by atoms with Crippen molar-refractivity contribution in [2.75, 3.05) is 11.9 Å². The molecule has 2 aliphatic carbocycles. The van der Waals surface area contributed by atoms with Gasteiger partial charge in [0.25, 0.3) is 5.91 Å². The maximum Gasteiger partial charge on any atom is 0.329 e. The molecular weight excluding hydrogens is 520 g/mol. The number of esters is 1. The number of imide groups is 1. The average molecular weight is 542 g/mol. The molecule has 9 heteroatoms. The first kappa shape index (κ1) is 21.5. The van der Waals surface area contributed by atoms with Crippen molar-refractivity contribution in [3.8, 4) is 0 Å². The van der Waals surface area contributed by atoms with E-state index in [9.17, 15) is 19.2 Å². The lowest BCUT2D eigenvalue weighted by Gasteiger charge is -2.28.